The molecule has 5 nitrogen and oxygen atoms in total. The van der Waals surface area contributed by atoms with Gasteiger partial charge in [-0.15, -0.1) is 0 Å². The third kappa shape index (κ3) is 2.70. The van der Waals surface area contributed by atoms with Crippen LogP contribution in [0.15, 0.2) is 18.3 Å². The van der Waals surface area contributed by atoms with Crippen LogP contribution in [0.25, 0.3) is 0 Å². The molecule has 0 aromatic carbocycles. The molecule has 1 saturated heterocycles. The van der Waals surface area contributed by atoms with Crippen molar-refractivity contribution in [2.75, 3.05) is 36.5 Å². The lowest BCUT2D eigenvalue weighted by Gasteiger charge is -2.28. The molecule has 0 spiro atoms. The summed E-state index contributed by atoms with van der Waals surface area (Å²) in [6.07, 6.45) is 6.88. The van der Waals surface area contributed by atoms with Crippen molar-refractivity contribution < 1.29 is 9.53 Å². The van der Waals surface area contributed by atoms with Crippen LogP contribution in [0.2, 0.25) is 0 Å². The lowest BCUT2D eigenvalue weighted by atomic mass is 10.0. The van der Waals surface area contributed by atoms with Gasteiger partial charge < -0.3 is 15.0 Å². The molecule has 1 aromatic rings. The van der Waals surface area contributed by atoms with E-state index in [1.807, 2.05) is 18.3 Å². The van der Waals surface area contributed by atoms with Gasteiger partial charge in [-0.25, -0.2) is 4.98 Å². The first kappa shape index (κ1) is 14.0. The molecule has 3 atom stereocenters. The third-order valence-corrected chi connectivity index (χ3v) is 5.33. The van der Waals surface area contributed by atoms with Gasteiger partial charge in [-0.05, 0) is 36.8 Å². The van der Waals surface area contributed by atoms with Crippen LogP contribution in [0.5, 0.6) is 0 Å². The van der Waals surface area contributed by atoms with Crippen molar-refractivity contribution in [3.05, 3.63) is 18.3 Å². The van der Waals surface area contributed by atoms with Crippen LogP contribution in [0.4, 0.5) is 11.5 Å². The maximum Gasteiger partial charge on any atom is 0.229 e. The number of amides is 1. The summed E-state index contributed by atoms with van der Waals surface area (Å²) in [7, 11) is 0. The molecule has 0 radical (unpaired) electrons. The van der Waals surface area contributed by atoms with Crippen molar-refractivity contribution in [2.45, 2.75) is 25.7 Å². The molecular formula is C17H23N3O2. The molecule has 1 N–H and O–H groups in total. The van der Waals surface area contributed by atoms with E-state index in [1.165, 1.54) is 25.7 Å². The zero-order valence-corrected chi connectivity index (χ0v) is 12.8. The Morgan fingerprint density at radius 3 is 2.55 bits per heavy atom. The normalized spacial score (nSPS) is 30.5. The number of hydrogen-bond acceptors (Lipinski definition) is 4. The molecule has 1 unspecified atom stereocenters. The first-order valence-corrected chi connectivity index (χ1v) is 8.42. The van der Waals surface area contributed by atoms with Gasteiger partial charge in [0.15, 0.2) is 0 Å². The van der Waals surface area contributed by atoms with Gasteiger partial charge in [0.05, 0.1) is 25.1 Å². The van der Waals surface area contributed by atoms with E-state index in [0.29, 0.717) is 17.7 Å². The molecular weight excluding hydrogens is 278 g/mol. The Bertz CT molecular complexity index is 527. The number of pyridine rings is 1. The van der Waals surface area contributed by atoms with Gasteiger partial charge in [0.1, 0.15) is 5.82 Å². The Kier molecular flexibility index (Phi) is 3.74. The average Bonchev–Trinajstić information content (AvgIpc) is 3.31. The van der Waals surface area contributed by atoms with Gasteiger partial charge in [0.2, 0.25) is 5.91 Å². The summed E-state index contributed by atoms with van der Waals surface area (Å²) >= 11 is 0. The van der Waals surface area contributed by atoms with Crippen LogP contribution in [0, 0.1) is 17.8 Å². The quantitative estimate of drug-likeness (QED) is 0.930. The summed E-state index contributed by atoms with van der Waals surface area (Å²) in [5, 5.41) is 3.00. The number of fused-ring (bicyclic) bond motifs is 1. The first-order valence-electron chi connectivity index (χ1n) is 8.42. The number of anilines is 2. The summed E-state index contributed by atoms with van der Waals surface area (Å²) in [4.78, 5) is 19.0. The molecule has 2 heterocycles. The van der Waals surface area contributed by atoms with E-state index >= 15 is 0 Å². The SMILES string of the molecule is O=C(Nc1ccc(N2CCOCC2)cn1)C1[C@H]2CCCC[C@@H]12. The highest BCUT2D eigenvalue weighted by Gasteiger charge is 2.54. The van der Waals surface area contributed by atoms with Gasteiger partial charge in [0.25, 0.3) is 0 Å². The second kappa shape index (κ2) is 5.88. The van der Waals surface area contributed by atoms with Crippen molar-refractivity contribution in [1.29, 1.82) is 0 Å². The van der Waals surface area contributed by atoms with E-state index < -0.39 is 0 Å². The number of nitrogens with zero attached hydrogens (tertiary/aromatic N) is 2. The van der Waals surface area contributed by atoms with Crippen molar-refractivity contribution in [2.24, 2.45) is 17.8 Å². The van der Waals surface area contributed by atoms with E-state index in [1.54, 1.807) is 0 Å². The van der Waals surface area contributed by atoms with Crippen molar-refractivity contribution in [1.82, 2.24) is 4.98 Å². The predicted octanol–water partition coefficient (Wildman–Crippen LogP) is 2.29. The summed E-state index contributed by atoms with van der Waals surface area (Å²) in [5.41, 5.74) is 1.10. The molecule has 118 valence electrons. The fourth-order valence-corrected chi connectivity index (χ4v) is 4.06. The van der Waals surface area contributed by atoms with Gasteiger partial charge in [-0.2, -0.15) is 0 Å². The van der Waals surface area contributed by atoms with Gasteiger partial charge in [-0.1, -0.05) is 12.8 Å². The van der Waals surface area contributed by atoms with Crippen LogP contribution in [-0.4, -0.2) is 37.2 Å². The highest BCUT2D eigenvalue weighted by molar-refractivity contribution is 5.94. The highest BCUT2D eigenvalue weighted by Crippen LogP contribution is 2.55. The molecule has 0 bridgehead atoms. The molecule has 3 aliphatic rings. The first-order chi connectivity index (χ1) is 10.8. The number of hydrogen-bond donors (Lipinski definition) is 1. The van der Waals surface area contributed by atoms with Crippen molar-refractivity contribution in [3.8, 4) is 0 Å². The molecule has 1 amide bonds. The average molecular weight is 301 g/mol. The third-order valence-electron chi connectivity index (χ3n) is 5.33. The maximum absolute atomic E-state index is 12.3. The lowest BCUT2D eigenvalue weighted by Crippen LogP contribution is -2.36. The Hall–Kier alpha value is -1.62. The molecule has 1 aromatic heterocycles. The number of morpholine rings is 1. The Balaban J connectivity index is 1.36. The van der Waals surface area contributed by atoms with Crippen LogP contribution in [0.1, 0.15) is 25.7 Å². The van der Waals surface area contributed by atoms with E-state index in [4.69, 9.17) is 4.74 Å². The smallest absolute Gasteiger partial charge is 0.229 e. The second-order valence-electron chi connectivity index (χ2n) is 6.63. The summed E-state index contributed by atoms with van der Waals surface area (Å²) < 4.78 is 5.36. The van der Waals surface area contributed by atoms with Gasteiger partial charge >= 0.3 is 0 Å². The molecule has 1 aliphatic heterocycles. The zero-order chi connectivity index (χ0) is 14.9. The van der Waals surface area contributed by atoms with Crippen LogP contribution in [-0.2, 0) is 9.53 Å². The van der Waals surface area contributed by atoms with Crippen LogP contribution in [0.3, 0.4) is 0 Å². The minimum Gasteiger partial charge on any atom is -0.378 e. The van der Waals surface area contributed by atoms with Gasteiger partial charge in [0, 0.05) is 19.0 Å². The van der Waals surface area contributed by atoms with E-state index in [9.17, 15) is 4.79 Å². The monoisotopic (exact) mass is 301 g/mol. The molecule has 2 aliphatic carbocycles. The van der Waals surface area contributed by atoms with E-state index in [2.05, 4.69) is 15.2 Å². The summed E-state index contributed by atoms with van der Waals surface area (Å²) in [6, 6.07) is 3.95. The minimum atomic E-state index is 0.170. The Morgan fingerprint density at radius 2 is 1.91 bits per heavy atom. The Morgan fingerprint density at radius 1 is 1.18 bits per heavy atom. The number of carbonyl (C=O) groups excluding carboxylic acids is 1. The molecule has 22 heavy (non-hydrogen) atoms. The molecule has 5 heteroatoms. The summed E-state index contributed by atoms with van der Waals surface area (Å²) in [6.45, 7) is 3.34. The maximum atomic E-state index is 12.3. The fraction of sp³-hybridized carbons (Fsp3) is 0.647. The van der Waals surface area contributed by atoms with Gasteiger partial charge in [-0.3, -0.25) is 4.79 Å². The highest BCUT2D eigenvalue weighted by atomic mass is 16.5. The number of aromatic nitrogens is 1. The van der Waals surface area contributed by atoms with Crippen molar-refractivity contribution in [3.63, 3.8) is 0 Å². The topological polar surface area (TPSA) is 54.5 Å². The van der Waals surface area contributed by atoms with Crippen LogP contribution < -0.4 is 10.2 Å². The predicted molar refractivity (Wildman–Crippen MR) is 84.8 cm³/mol. The standard InChI is InChI=1S/C17H23N3O2/c21-17(16-13-3-1-2-4-14(13)16)19-15-6-5-12(11-18-15)20-7-9-22-10-8-20/h5-6,11,13-14,16H,1-4,7-10H2,(H,18,19,21)/t13-,14+,16?. The Labute approximate surface area is 131 Å². The van der Waals surface area contributed by atoms with E-state index in [-0.39, 0.29) is 11.8 Å². The van der Waals surface area contributed by atoms with Crippen LogP contribution >= 0.6 is 0 Å². The second-order valence-corrected chi connectivity index (χ2v) is 6.63. The fourth-order valence-electron chi connectivity index (χ4n) is 4.06. The number of rotatable bonds is 3. The zero-order valence-electron chi connectivity index (χ0n) is 12.8. The number of carbonyl (C=O) groups is 1. The largest absolute Gasteiger partial charge is 0.378 e. The van der Waals surface area contributed by atoms with Crippen molar-refractivity contribution >= 4 is 17.4 Å². The molecule has 2 saturated carbocycles. The minimum absolute atomic E-state index is 0.170. The number of ether oxygens (including phenoxy) is 1. The summed E-state index contributed by atoms with van der Waals surface area (Å²) in [5.74, 6) is 2.36. The molecule has 4 rings (SSSR count). The van der Waals surface area contributed by atoms with E-state index in [0.717, 1.165) is 32.0 Å². The molecule has 3 fully saturated rings. The lowest BCUT2D eigenvalue weighted by molar-refractivity contribution is -0.117. The number of nitrogens with one attached hydrogen (secondary N) is 1.